The Labute approximate surface area is 122 Å². The number of hydrogen-bond acceptors (Lipinski definition) is 2. The smallest absolute Gasteiger partial charge is 0.0761 e. The fourth-order valence-corrected chi connectivity index (χ4v) is 3.34. The first-order valence-corrected chi connectivity index (χ1v) is 7.22. The average molecular weight is 309 g/mol. The Morgan fingerprint density at radius 2 is 1.78 bits per heavy atom. The summed E-state index contributed by atoms with van der Waals surface area (Å²) in [7, 11) is 0. The number of rotatable bonds is 3. The molecular weight excluding hydrogens is 293 g/mol. The van der Waals surface area contributed by atoms with Gasteiger partial charge >= 0.3 is 0 Å². The maximum Gasteiger partial charge on any atom is 0.0761 e. The first kappa shape index (κ1) is 14.4. The molecule has 1 aromatic carbocycles. The van der Waals surface area contributed by atoms with E-state index in [0.29, 0.717) is 20.6 Å². The molecule has 0 saturated heterocycles. The summed E-state index contributed by atoms with van der Waals surface area (Å²) in [6, 6.07) is 2.71. The van der Waals surface area contributed by atoms with E-state index >= 15 is 0 Å². The highest BCUT2D eigenvalue weighted by atomic mass is 35.5. The highest BCUT2D eigenvalue weighted by Gasteiger charge is 2.30. The van der Waals surface area contributed by atoms with Crippen molar-refractivity contribution in [3.8, 4) is 0 Å². The summed E-state index contributed by atoms with van der Waals surface area (Å²) >= 11 is 18.1. The number of benzene rings is 1. The van der Waals surface area contributed by atoms with Gasteiger partial charge in [0, 0.05) is 5.02 Å². The van der Waals surface area contributed by atoms with E-state index in [2.05, 4.69) is 0 Å². The van der Waals surface area contributed by atoms with Crippen molar-refractivity contribution in [2.75, 3.05) is 0 Å². The van der Waals surface area contributed by atoms with Crippen molar-refractivity contribution in [2.45, 2.75) is 37.8 Å². The molecule has 3 N–H and O–H groups in total. The van der Waals surface area contributed by atoms with E-state index in [9.17, 15) is 5.11 Å². The van der Waals surface area contributed by atoms with Crippen LogP contribution >= 0.6 is 34.8 Å². The van der Waals surface area contributed by atoms with Crippen molar-refractivity contribution in [1.29, 1.82) is 0 Å². The van der Waals surface area contributed by atoms with Gasteiger partial charge in [0.05, 0.1) is 22.2 Å². The third-order valence-corrected chi connectivity index (χ3v) is 4.67. The van der Waals surface area contributed by atoms with E-state index in [-0.39, 0.29) is 5.92 Å². The Hall–Kier alpha value is 0.01000. The molecule has 2 atom stereocenters. The van der Waals surface area contributed by atoms with E-state index in [4.69, 9.17) is 40.5 Å². The minimum atomic E-state index is -0.598. The van der Waals surface area contributed by atoms with E-state index in [1.54, 1.807) is 12.1 Å². The molecule has 0 radical (unpaired) electrons. The molecule has 0 aromatic heterocycles. The van der Waals surface area contributed by atoms with Crippen molar-refractivity contribution in [2.24, 2.45) is 11.7 Å². The molecule has 0 unspecified atom stereocenters. The van der Waals surface area contributed by atoms with Crippen LogP contribution in [0.25, 0.3) is 0 Å². The van der Waals surface area contributed by atoms with Gasteiger partial charge in [-0.05, 0) is 36.5 Å². The van der Waals surface area contributed by atoms with Gasteiger partial charge in [-0.1, -0.05) is 47.6 Å². The lowest BCUT2D eigenvalue weighted by atomic mass is 9.91. The molecule has 0 aliphatic heterocycles. The number of aliphatic hydroxyl groups is 1. The quantitative estimate of drug-likeness (QED) is 0.822. The number of aliphatic hydroxyl groups excluding tert-OH is 1. The highest BCUT2D eigenvalue weighted by Crippen LogP contribution is 2.37. The Morgan fingerprint density at radius 1 is 1.17 bits per heavy atom. The maximum absolute atomic E-state index is 10.3. The predicted molar refractivity (Wildman–Crippen MR) is 76.4 cm³/mol. The second-order valence-electron chi connectivity index (χ2n) is 4.85. The van der Waals surface area contributed by atoms with E-state index in [1.165, 1.54) is 0 Å². The van der Waals surface area contributed by atoms with Crippen molar-refractivity contribution in [1.82, 2.24) is 0 Å². The zero-order chi connectivity index (χ0) is 13.3. The second kappa shape index (κ2) is 5.98. The molecule has 2 rings (SSSR count). The molecule has 5 heteroatoms. The fourth-order valence-electron chi connectivity index (χ4n) is 2.59. The van der Waals surface area contributed by atoms with E-state index < -0.39 is 12.1 Å². The molecular formula is C13H16Cl3NO. The normalized spacial score (nSPS) is 20.1. The third kappa shape index (κ3) is 2.94. The lowest BCUT2D eigenvalue weighted by Gasteiger charge is -2.25. The summed E-state index contributed by atoms with van der Waals surface area (Å²) in [6.07, 6.45) is 3.73. The molecule has 18 heavy (non-hydrogen) atoms. The zero-order valence-electron chi connectivity index (χ0n) is 9.87. The summed E-state index contributed by atoms with van der Waals surface area (Å²) in [6.45, 7) is 0. The minimum absolute atomic E-state index is 0.244. The number of hydrogen-bond donors (Lipinski definition) is 2. The van der Waals surface area contributed by atoms with Crippen LogP contribution in [0.5, 0.6) is 0 Å². The van der Waals surface area contributed by atoms with Gasteiger partial charge in [-0.3, -0.25) is 0 Å². The molecule has 100 valence electrons. The minimum Gasteiger partial charge on any atom is -0.391 e. The summed E-state index contributed by atoms with van der Waals surface area (Å²) in [5.41, 5.74) is 6.72. The molecule has 0 spiro atoms. The maximum atomic E-state index is 10.3. The van der Waals surface area contributed by atoms with E-state index in [1.807, 2.05) is 0 Å². The van der Waals surface area contributed by atoms with Gasteiger partial charge in [0.25, 0.3) is 0 Å². The molecule has 1 fully saturated rings. The molecule has 1 aromatic rings. The van der Waals surface area contributed by atoms with Gasteiger partial charge in [-0.2, -0.15) is 0 Å². The van der Waals surface area contributed by atoms with Gasteiger partial charge in [0.2, 0.25) is 0 Å². The number of nitrogens with two attached hydrogens (primary N) is 1. The zero-order valence-corrected chi connectivity index (χ0v) is 12.1. The molecule has 0 heterocycles. The van der Waals surface area contributed by atoms with Crippen LogP contribution in [0, 0.1) is 5.92 Å². The molecule has 2 nitrogen and oxygen atoms in total. The fraction of sp³-hybridized carbons (Fsp3) is 0.538. The van der Waals surface area contributed by atoms with Crippen molar-refractivity contribution >= 4 is 34.8 Å². The van der Waals surface area contributed by atoms with Crippen molar-refractivity contribution < 1.29 is 5.11 Å². The van der Waals surface area contributed by atoms with Gasteiger partial charge in [0.1, 0.15) is 0 Å². The van der Waals surface area contributed by atoms with Crippen LogP contribution in [0.3, 0.4) is 0 Å². The lowest BCUT2D eigenvalue weighted by molar-refractivity contribution is 0.0845. The Balaban J connectivity index is 2.24. The van der Waals surface area contributed by atoms with Crippen LogP contribution in [0.1, 0.15) is 37.3 Å². The standard InChI is InChI=1S/C13H16Cl3NO/c14-8-5-9(11(16)10(15)6-8)12(17)13(18)7-3-1-2-4-7/h5-7,12-13,18H,1-4,17H2/t12-,13+/m0/s1. The summed E-state index contributed by atoms with van der Waals surface area (Å²) < 4.78 is 0. The molecule has 1 aliphatic rings. The van der Waals surface area contributed by atoms with Gasteiger partial charge < -0.3 is 10.8 Å². The average Bonchev–Trinajstić information content (AvgIpc) is 2.85. The molecule has 0 bridgehead atoms. The van der Waals surface area contributed by atoms with Crippen LogP contribution in [-0.2, 0) is 0 Å². The predicted octanol–water partition coefficient (Wildman–Crippen LogP) is 4.20. The Kier molecular flexibility index (Phi) is 4.79. The van der Waals surface area contributed by atoms with Crippen LogP contribution in [-0.4, -0.2) is 11.2 Å². The SMILES string of the molecule is N[C@@H](c1cc(Cl)cc(Cl)c1Cl)[C@H](O)C1CCCC1. The first-order chi connectivity index (χ1) is 8.50. The van der Waals surface area contributed by atoms with Gasteiger partial charge in [-0.15, -0.1) is 0 Å². The van der Waals surface area contributed by atoms with Crippen LogP contribution in [0.4, 0.5) is 0 Å². The summed E-state index contributed by atoms with van der Waals surface area (Å²) in [5.74, 6) is 0.244. The largest absolute Gasteiger partial charge is 0.391 e. The topological polar surface area (TPSA) is 46.2 Å². The Bertz CT molecular complexity index is 432. The first-order valence-electron chi connectivity index (χ1n) is 6.09. The molecule has 1 aliphatic carbocycles. The van der Waals surface area contributed by atoms with Crippen LogP contribution < -0.4 is 5.73 Å². The van der Waals surface area contributed by atoms with E-state index in [0.717, 1.165) is 25.7 Å². The molecule has 0 amide bonds. The van der Waals surface area contributed by atoms with Gasteiger partial charge in [0.15, 0.2) is 0 Å². The van der Waals surface area contributed by atoms with Crippen molar-refractivity contribution in [3.63, 3.8) is 0 Å². The highest BCUT2D eigenvalue weighted by molar-refractivity contribution is 6.43. The second-order valence-corrected chi connectivity index (χ2v) is 6.07. The third-order valence-electron chi connectivity index (χ3n) is 3.63. The van der Waals surface area contributed by atoms with Crippen molar-refractivity contribution in [3.05, 3.63) is 32.8 Å². The van der Waals surface area contributed by atoms with Gasteiger partial charge in [-0.25, -0.2) is 0 Å². The lowest BCUT2D eigenvalue weighted by Crippen LogP contribution is -2.32. The van der Waals surface area contributed by atoms with Crippen LogP contribution in [0.15, 0.2) is 12.1 Å². The Morgan fingerprint density at radius 3 is 2.39 bits per heavy atom. The van der Waals surface area contributed by atoms with Crippen LogP contribution in [0.2, 0.25) is 15.1 Å². The summed E-state index contributed by atoms with van der Waals surface area (Å²) in [5, 5.41) is 11.5. The number of halogens is 3. The molecule has 1 saturated carbocycles. The summed E-state index contributed by atoms with van der Waals surface area (Å²) in [4.78, 5) is 0. The monoisotopic (exact) mass is 307 g/mol.